The third-order valence-electron chi connectivity index (χ3n) is 5.58. The van der Waals surface area contributed by atoms with Crippen molar-refractivity contribution in [3.63, 3.8) is 0 Å². The Balaban J connectivity index is 1.67. The molecular weight excluding hydrogens is 378 g/mol. The lowest BCUT2D eigenvalue weighted by molar-refractivity contribution is 0.228. The van der Waals surface area contributed by atoms with E-state index in [0.29, 0.717) is 11.9 Å². The van der Waals surface area contributed by atoms with E-state index in [9.17, 15) is 0 Å². The van der Waals surface area contributed by atoms with E-state index < -0.39 is 0 Å². The van der Waals surface area contributed by atoms with Crippen LogP contribution in [0.25, 0.3) is 5.65 Å². The van der Waals surface area contributed by atoms with E-state index >= 15 is 0 Å². The van der Waals surface area contributed by atoms with E-state index in [1.807, 2.05) is 28.9 Å². The molecule has 1 atom stereocenters. The van der Waals surface area contributed by atoms with Gasteiger partial charge in [-0.25, -0.2) is 4.98 Å². The summed E-state index contributed by atoms with van der Waals surface area (Å²) in [7, 11) is 1.69. The fraction of sp³-hybridized carbons (Fsp3) is 0.500. The number of piperazine rings is 1. The molecule has 4 rings (SSSR count). The summed E-state index contributed by atoms with van der Waals surface area (Å²) in [5, 5.41) is 11.5. The molecule has 1 unspecified atom stereocenters. The van der Waals surface area contributed by atoms with Gasteiger partial charge in [-0.1, -0.05) is 26.0 Å². The van der Waals surface area contributed by atoms with Crippen LogP contribution in [0.4, 0.5) is 5.95 Å². The summed E-state index contributed by atoms with van der Waals surface area (Å²) >= 11 is 0. The zero-order valence-corrected chi connectivity index (χ0v) is 18.2. The minimum atomic E-state index is 0.0388. The Labute approximate surface area is 177 Å². The number of methoxy groups -OCH3 is 1. The average Bonchev–Trinajstić information content (AvgIpc) is 3.19. The van der Waals surface area contributed by atoms with Crippen LogP contribution >= 0.6 is 0 Å². The van der Waals surface area contributed by atoms with E-state index in [0.717, 1.165) is 61.1 Å². The highest BCUT2D eigenvalue weighted by Crippen LogP contribution is 2.25. The van der Waals surface area contributed by atoms with Gasteiger partial charge in [0, 0.05) is 31.7 Å². The van der Waals surface area contributed by atoms with Gasteiger partial charge in [0.2, 0.25) is 5.95 Å². The number of fused-ring (bicyclic) bond motifs is 1. The van der Waals surface area contributed by atoms with Crippen LogP contribution in [-0.2, 0) is 6.54 Å². The maximum Gasteiger partial charge on any atom is 0.228 e. The first kappa shape index (κ1) is 20.6. The predicted octanol–water partition coefficient (Wildman–Crippen LogP) is 2.83. The molecule has 1 aliphatic heterocycles. The number of hydrogen-bond acceptors (Lipinski definition) is 7. The molecular formula is C22H31N7O. The number of rotatable bonds is 7. The van der Waals surface area contributed by atoms with Gasteiger partial charge in [-0.15, -0.1) is 0 Å². The quantitative estimate of drug-likeness (QED) is 0.621. The van der Waals surface area contributed by atoms with Crippen LogP contribution in [0.3, 0.4) is 0 Å². The minimum absolute atomic E-state index is 0.0388. The Morgan fingerprint density at radius 1 is 1.17 bits per heavy atom. The SMILES string of the molecule is COc1cccc(C(C)Nc2nc(CN3CCNCC3)nc3c(C(C)C)cnn23)c1. The van der Waals surface area contributed by atoms with Crippen LogP contribution < -0.4 is 15.4 Å². The first-order valence-electron chi connectivity index (χ1n) is 10.6. The summed E-state index contributed by atoms with van der Waals surface area (Å²) in [6.45, 7) is 11.2. The molecule has 3 heterocycles. The molecule has 1 saturated heterocycles. The Hall–Kier alpha value is -2.71. The van der Waals surface area contributed by atoms with Crippen molar-refractivity contribution in [2.45, 2.75) is 39.3 Å². The molecule has 0 spiro atoms. The Bertz CT molecular complexity index is 994. The summed E-state index contributed by atoms with van der Waals surface area (Å²) in [5.74, 6) is 2.72. The highest BCUT2D eigenvalue weighted by atomic mass is 16.5. The highest BCUT2D eigenvalue weighted by Gasteiger charge is 2.19. The summed E-state index contributed by atoms with van der Waals surface area (Å²) in [5.41, 5.74) is 3.14. The van der Waals surface area contributed by atoms with Crippen molar-refractivity contribution in [2.75, 3.05) is 38.6 Å². The second-order valence-corrected chi connectivity index (χ2v) is 8.12. The number of benzene rings is 1. The van der Waals surface area contributed by atoms with Gasteiger partial charge >= 0.3 is 0 Å². The lowest BCUT2D eigenvalue weighted by atomic mass is 10.1. The number of nitrogens with one attached hydrogen (secondary N) is 2. The van der Waals surface area contributed by atoms with E-state index in [1.165, 1.54) is 0 Å². The minimum Gasteiger partial charge on any atom is -0.497 e. The van der Waals surface area contributed by atoms with E-state index in [4.69, 9.17) is 14.7 Å². The Morgan fingerprint density at radius 2 is 1.97 bits per heavy atom. The molecule has 1 fully saturated rings. The van der Waals surface area contributed by atoms with Crippen LogP contribution in [-0.4, -0.2) is 57.8 Å². The highest BCUT2D eigenvalue weighted by molar-refractivity contribution is 5.52. The molecule has 0 aliphatic carbocycles. The molecule has 0 radical (unpaired) electrons. The summed E-state index contributed by atoms with van der Waals surface area (Å²) in [4.78, 5) is 12.1. The summed E-state index contributed by atoms with van der Waals surface area (Å²) in [6.07, 6.45) is 1.91. The molecule has 30 heavy (non-hydrogen) atoms. The van der Waals surface area contributed by atoms with Crippen molar-refractivity contribution in [3.05, 3.63) is 47.4 Å². The normalized spacial score (nSPS) is 16.2. The summed E-state index contributed by atoms with van der Waals surface area (Å²) < 4.78 is 7.20. The number of hydrogen-bond donors (Lipinski definition) is 2. The first-order valence-corrected chi connectivity index (χ1v) is 10.6. The third kappa shape index (κ3) is 4.39. The molecule has 8 heteroatoms. The van der Waals surface area contributed by atoms with Crippen molar-refractivity contribution in [3.8, 4) is 5.75 Å². The van der Waals surface area contributed by atoms with Crippen LogP contribution in [0, 0.1) is 0 Å². The van der Waals surface area contributed by atoms with Crippen LogP contribution in [0.2, 0.25) is 0 Å². The van der Waals surface area contributed by atoms with E-state index in [1.54, 1.807) is 7.11 Å². The standard InChI is InChI=1S/C22H31N7O/c1-15(2)19-13-24-29-21(19)26-20(14-28-10-8-23-9-11-28)27-22(29)25-16(3)17-6-5-7-18(12-17)30-4/h5-7,12-13,15-16,23H,8-11,14H2,1-4H3,(H,25,26,27). The molecule has 1 aromatic carbocycles. The smallest absolute Gasteiger partial charge is 0.228 e. The topological polar surface area (TPSA) is 79.6 Å². The van der Waals surface area contributed by atoms with Gasteiger partial charge in [0.15, 0.2) is 5.65 Å². The second-order valence-electron chi connectivity index (χ2n) is 8.12. The van der Waals surface area contributed by atoms with E-state index in [2.05, 4.69) is 47.5 Å². The monoisotopic (exact) mass is 409 g/mol. The molecule has 0 amide bonds. The molecule has 2 aromatic heterocycles. The zero-order chi connectivity index (χ0) is 21.1. The number of ether oxygens (including phenoxy) is 1. The fourth-order valence-electron chi connectivity index (χ4n) is 3.77. The molecule has 8 nitrogen and oxygen atoms in total. The predicted molar refractivity (Wildman–Crippen MR) is 118 cm³/mol. The molecule has 2 N–H and O–H groups in total. The largest absolute Gasteiger partial charge is 0.497 e. The van der Waals surface area contributed by atoms with Gasteiger partial charge in [0.1, 0.15) is 11.6 Å². The first-order chi connectivity index (χ1) is 14.5. The third-order valence-corrected chi connectivity index (χ3v) is 5.58. The lowest BCUT2D eigenvalue weighted by Crippen LogP contribution is -2.43. The molecule has 160 valence electrons. The zero-order valence-electron chi connectivity index (χ0n) is 18.2. The van der Waals surface area contributed by atoms with Crippen molar-refractivity contribution in [2.24, 2.45) is 0 Å². The van der Waals surface area contributed by atoms with Gasteiger partial charge in [-0.3, -0.25) is 4.90 Å². The van der Waals surface area contributed by atoms with Crippen LogP contribution in [0.1, 0.15) is 49.7 Å². The lowest BCUT2D eigenvalue weighted by Gasteiger charge is -2.26. The van der Waals surface area contributed by atoms with Gasteiger partial charge in [0.25, 0.3) is 0 Å². The molecule has 1 aliphatic rings. The van der Waals surface area contributed by atoms with Crippen LogP contribution in [0.15, 0.2) is 30.5 Å². The number of anilines is 1. The van der Waals surface area contributed by atoms with Crippen molar-refractivity contribution in [1.82, 2.24) is 29.8 Å². The fourth-order valence-corrected chi connectivity index (χ4v) is 3.77. The van der Waals surface area contributed by atoms with Gasteiger partial charge in [-0.2, -0.15) is 14.6 Å². The Morgan fingerprint density at radius 3 is 2.70 bits per heavy atom. The van der Waals surface area contributed by atoms with Gasteiger partial charge in [0.05, 0.1) is 25.9 Å². The van der Waals surface area contributed by atoms with Crippen molar-refractivity contribution >= 4 is 11.6 Å². The maximum absolute atomic E-state index is 5.38. The molecule has 0 bridgehead atoms. The van der Waals surface area contributed by atoms with Crippen molar-refractivity contribution < 1.29 is 4.74 Å². The average molecular weight is 410 g/mol. The van der Waals surface area contributed by atoms with Crippen LogP contribution in [0.5, 0.6) is 5.75 Å². The van der Waals surface area contributed by atoms with Crippen molar-refractivity contribution in [1.29, 1.82) is 0 Å². The van der Waals surface area contributed by atoms with E-state index in [-0.39, 0.29) is 6.04 Å². The van der Waals surface area contributed by atoms with Gasteiger partial charge in [-0.05, 0) is 30.5 Å². The molecule has 3 aromatic rings. The Kier molecular flexibility index (Phi) is 6.15. The molecule has 0 saturated carbocycles. The number of nitrogens with zero attached hydrogens (tertiary/aromatic N) is 5. The summed E-state index contributed by atoms with van der Waals surface area (Å²) in [6, 6.07) is 8.12. The number of aromatic nitrogens is 4. The maximum atomic E-state index is 5.38. The second kappa shape index (κ2) is 8.97. The van der Waals surface area contributed by atoms with Gasteiger partial charge < -0.3 is 15.4 Å².